The van der Waals surface area contributed by atoms with Crippen LogP contribution in [0, 0.1) is 5.41 Å². The Morgan fingerprint density at radius 3 is 2.36 bits per heavy atom. The van der Waals surface area contributed by atoms with Gasteiger partial charge in [-0.05, 0) is 88.8 Å². The van der Waals surface area contributed by atoms with Crippen LogP contribution in [0.5, 0.6) is 5.75 Å². The number of ether oxygens (including phenoxy) is 1. The molecule has 0 aliphatic carbocycles. The Labute approximate surface area is 236 Å². The summed E-state index contributed by atoms with van der Waals surface area (Å²) in [6, 6.07) is 13.7. The van der Waals surface area contributed by atoms with Crippen molar-refractivity contribution in [3.8, 4) is 5.75 Å². The summed E-state index contributed by atoms with van der Waals surface area (Å²) in [5, 5.41) is 7.63. The second-order valence-corrected chi connectivity index (χ2v) is 14.8. The van der Waals surface area contributed by atoms with E-state index in [-0.39, 0.29) is 0 Å². The van der Waals surface area contributed by atoms with Crippen LogP contribution < -0.4 is 25.6 Å². The Bertz CT molecular complexity index is 1360. The molecule has 0 atom stereocenters. The van der Waals surface area contributed by atoms with Gasteiger partial charge in [0.15, 0.2) is 5.82 Å². The lowest BCUT2D eigenvalue weighted by molar-refractivity contribution is 0.0945. The summed E-state index contributed by atoms with van der Waals surface area (Å²) < 4.78 is 18.5. The van der Waals surface area contributed by atoms with Crippen LogP contribution in [0.25, 0.3) is 0 Å². The van der Waals surface area contributed by atoms with Gasteiger partial charge in [-0.1, -0.05) is 23.7 Å². The second-order valence-electron chi connectivity index (χ2n) is 11.2. The average molecular weight is 569 g/mol. The van der Waals surface area contributed by atoms with E-state index >= 15 is 0 Å². The zero-order valence-electron chi connectivity index (χ0n) is 23.2. The lowest BCUT2D eigenvalue weighted by atomic mass is 9.71. The van der Waals surface area contributed by atoms with Gasteiger partial charge in [0.2, 0.25) is 5.95 Å². The van der Waals surface area contributed by atoms with Crippen LogP contribution in [0.2, 0.25) is 5.02 Å². The average Bonchev–Trinajstić information content (AvgIpc) is 2.93. The largest absolute Gasteiger partial charge is 0.494 e. The van der Waals surface area contributed by atoms with Gasteiger partial charge < -0.3 is 29.7 Å². The number of anilines is 5. The van der Waals surface area contributed by atoms with Crippen LogP contribution in [-0.2, 0) is 4.57 Å². The highest BCUT2D eigenvalue weighted by atomic mass is 35.5. The first-order valence-electron chi connectivity index (χ1n) is 13.5. The summed E-state index contributed by atoms with van der Waals surface area (Å²) in [5.41, 5.74) is 3.16. The SMILES string of the molecule is COc1cc(N2CCC3(CCN(C)CC3)CC2)ccc1Nc1ncc(Cl)c(Nc2ccccc2P(C)(C)=O)n1. The number of para-hydroxylation sites is 1. The number of halogens is 1. The summed E-state index contributed by atoms with van der Waals surface area (Å²) in [6.07, 6.45) is 6.65. The fraction of sp³-hybridized carbons (Fsp3) is 0.448. The van der Waals surface area contributed by atoms with Gasteiger partial charge in [0, 0.05) is 30.1 Å². The number of piperidine rings is 2. The Balaban J connectivity index is 1.30. The lowest BCUT2D eigenvalue weighted by Crippen LogP contribution is -2.46. The van der Waals surface area contributed by atoms with E-state index < -0.39 is 7.14 Å². The number of benzene rings is 2. The van der Waals surface area contributed by atoms with Gasteiger partial charge in [0.05, 0.1) is 24.7 Å². The number of nitrogens with one attached hydrogen (secondary N) is 2. The number of nitrogens with zero attached hydrogens (tertiary/aromatic N) is 4. The first kappa shape index (κ1) is 27.8. The van der Waals surface area contributed by atoms with Crippen molar-refractivity contribution in [1.82, 2.24) is 14.9 Å². The molecule has 0 bridgehead atoms. The molecule has 2 aliphatic rings. The molecule has 10 heteroatoms. The molecule has 2 aliphatic heterocycles. The van der Waals surface area contributed by atoms with Gasteiger partial charge in [-0.25, -0.2) is 4.98 Å². The zero-order chi connectivity index (χ0) is 27.6. The maximum absolute atomic E-state index is 12.8. The van der Waals surface area contributed by atoms with Crippen molar-refractivity contribution < 1.29 is 9.30 Å². The third-order valence-electron chi connectivity index (χ3n) is 8.15. The molecular formula is C29H38ClN6O2P. The smallest absolute Gasteiger partial charge is 0.229 e. The molecular weight excluding hydrogens is 531 g/mol. The second kappa shape index (κ2) is 11.4. The Kier molecular flexibility index (Phi) is 8.08. The van der Waals surface area contributed by atoms with Gasteiger partial charge in [-0.2, -0.15) is 4.98 Å². The molecule has 2 saturated heterocycles. The fourth-order valence-corrected chi connectivity index (χ4v) is 6.92. The predicted molar refractivity (Wildman–Crippen MR) is 163 cm³/mol. The standard InChI is InChI=1S/C29H38ClN6O2P/c1-35-15-11-29(12-16-35)13-17-36(18-14-29)21-9-10-23(25(19-21)38-2)33-28-31-20-22(30)27(34-28)32-24-7-5-6-8-26(24)39(3,4)37/h5-10,19-20H,11-18H2,1-4H3,(H2,31,32,33,34). The summed E-state index contributed by atoms with van der Waals surface area (Å²) in [5.74, 6) is 1.54. The van der Waals surface area contributed by atoms with Gasteiger partial charge in [0.25, 0.3) is 0 Å². The monoisotopic (exact) mass is 568 g/mol. The van der Waals surface area contributed by atoms with Crippen molar-refractivity contribution in [3.05, 3.63) is 53.7 Å². The third kappa shape index (κ3) is 6.34. The van der Waals surface area contributed by atoms with Gasteiger partial charge in [0.1, 0.15) is 17.9 Å². The minimum Gasteiger partial charge on any atom is -0.494 e. The highest BCUT2D eigenvalue weighted by Crippen LogP contribution is 2.43. The van der Waals surface area contributed by atoms with Crippen LogP contribution in [0.15, 0.2) is 48.7 Å². The van der Waals surface area contributed by atoms with Crippen LogP contribution in [0.3, 0.4) is 0 Å². The number of likely N-dealkylation sites (tertiary alicyclic amines) is 1. The van der Waals surface area contributed by atoms with E-state index in [1.165, 1.54) is 44.5 Å². The maximum Gasteiger partial charge on any atom is 0.229 e. The van der Waals surface area contributed by atoms with Crippen molar-refractivity contribution in [1.29, 1.82) is 0 Å². The van der Waals surface area contributed by atoms with Crippen molar-refractivity contribution in [3.63, 3.8) is 0 Å². The molecule has 5 rings (SSSR count). The summed E-state index contributed by atoms with van der Waals surface area (Å²) in [7, 11) is 1.40. The van der Waals surface area contributed by atoms with E-state index in [4.69, 9.17) is 16.3 Å². The first-order chi connectivity index (χ1) is 18.7. The maximum atomic E-state index is 12.8. The molecule has 0 amide bonds. The summed E-state index contributed by atoms with van der Waals surface area (Å²) >= 11 is 6.43. The van der Waals surface area contributed by atoms with Crippen LogP contribution >= 0.6 is 18.7 Å². The molecule has 208 valence electrons. The zero-order valence-corrected chi connectivity index (χ0v) is 24.9. The number of hydrogen-bond acceptors (Lipinski definition) is 8. The fourth-order valence-electron chi connectivity index (χ4n) is 5.62. The van der Waals surface area contributed by atoms with Gasteiger partial charge >= 0.3 is 0 Å². The molecule has 0 radical (unpaired) electrons. The van der Waals surface area contributed by atoms with Crippen LogP contribution in [0.1, 0.15) is 25.7 Å². The molecule has 2 fully saturated rings. The molecule has 0 saturated carbocycles. The number of aromatic nitrogens is 2. The van der Waals surface area contributed by atoms with E-state index in [2.05, 4.69) is 49.6 Å². The van der Waals surface area contributed by atoms with E-state index in [0.717, 1.165) is 29.8 Å². The topological polar surface area (TPSA) is 82.6 Å². The minimum absolute atomic E-state index is 0.368. The van der Waals surface area contributed by atoms with Gasteiger partial charge in [-0.3, -0.25) is 0 Å². The van der Waals surface area contributed by atoms with E-state index in [1.807, 2.05) is 30.3 Å². The van der Waals surface area contributed by atoms with E-state index in [1.54, 1.807) is 26.6 Å². The molecule has 3 heterocycles. The van der Waals surface area contributed by atoms with Crippen LogP contribution in [-0.4, -0.2) is 68.5 Å². The molecule has 3 aromatic rings. The highest BCUT2D eigenvalue weighted by molar-refractivity contribution is 7.70. The van der Waals surface area contributed by atoms with Crippen molar-refractivity contribution in [2.24, 2.45) is 5.41 Å². The minimum atomic E-state index is -2.50. The summed E-state index contributed by atoms with van der Waals surface area (Å²) in [6.45, 7) is 8.05. The molecule has 8 nitrogen and oxygen atoms in total. The number of hydrogen-bond donors (Lipinski definition) is 2. The van der Waals surface area contributed by atoms with Crippen LogP contribution in [0.4, 0.5) is 28.8 Å². The van der Waals surface area contributed by atoms with E-state index in [9.17, 15) is 4.57 Å². The first-order valence-corrected chi connectivity index (χ1v) is 16.5. The Hall–Kier alpha value is -2.80. The molecule has 1 aromatic heterocycles. The van der Waals surface area contributed by atoms with Crippen molar-refractivity contribution >= 4 is 52.9 Å². The van der Waals surface area contributed by atoms with Crippen molar-refractivity contribution in [2.45, 2.75) is 25.7 Å². The Morgan fingerprint density at radius 2 is 1.67 bits per heavy atom. The number of methoxy groups -OCH3 is 1. The number of rotatable bonds is 7. The Morgan fingerprint density at radius 1 is 0.974 bits per heavy atom. The third-order valence-corrected chi connectivity index (χ3v) is 9.98. The predicted octanol–water partition coefficient (Wildman–Crippen LogP) is 6.19. The van der Waals surface area contributed by atoms with Gasteiger partial charge in [-0.15, -0.1) is 0 Å². The van der Waals surface area contributed by atoms with Crippen molar-refractivity contribution in [2.75, 3.05) is 69.2 Å². The summed E-state index contributed by atoms with van der Waals surface area (Å²) in [4.78, 5) is 13.9. The lowest BCUT2D eigenvalue weighted by Gasteiger charge is -2.47. The molecule has 0 unspecified atom stereocenters. The molecule has 2 aromatic carbocycles. The highest BCUT2D eigenvalue weighted by Gasteiger charge is 2.37. The normalized spacial score (nSPS) is 17.7. The quantitative estimate of drug-likeness (QED) is 0.327. The molecule has 2 N–H and O–H groups in total. The molecule has 1 spiro atoms. The van der Waals surface area contributed by atoms with E-state index in [0.29, 0.717) is 27.9 Å². The molecule has 39 heavy (non-hydrogen) atoms.